The fourth-order valence-corrected chi connectivity index (χ4v) is 1.05. The second kappa shape index (κ2) is 4.22. The molecule has 0 spiro atoms. The fraction of sp³-hybridized carbons (Fsp3) is 0. The van der Waals surface area contributed by atoms with E-state index >= 15 is 0 Å². The summed E-state index contributed by atoms with van der Waals surface area (Å²) in [5.41, 5.74) is -0.402. The highest BCUT2D eigenvalue weighted by molar-refractivity contribution is 6.64. The molecule has 0 aromatic heterocycles. The molecule has 0 saturated heterocycles. The van der Waals surface area contributed by atoms with Gasteiger partial charge in [-0.2, -0.15) is 0 Å². The minimum Gasteiger partial charge on any atom is -0.445 e. The molecule has 0 heterocycles. The molecule has 1 aromatic carbocycles. The molecule has 0 saturated carbocycles. The van der Waals surface area contributed by atoms with Crippen molar-refractivity contribution < 1.29 is 21.7 Å². The van der Waals surface area contributed by atoms with Crippen LogP contribution >= 0.6 is 11.6 Å². The van der Waals surface area contributed by atoms with Gasteiger partial charge in [0, 0.05) is 11.6 Å². The number of hydrogen-bond donors (Lipinski definition) is 0. The van der Waals surface area contributed by atoms with Crippen molar-refractivity contribution in [3.63, 3.8) is 0 Å². The molecular weight excluding hydrogens is 237 g/mol. The van der Waals surface area contributed by atoms with Gasteiger partial charge in [-0.1, -0.05) is 17.7 Å². The summed E-state index contributed by atoms with van der Waals surface area (Å²) in [6, 6.07) is 1.23. The normalized spacial score (nSPS) is 12.4. The van der Waals surface area contributed by atoms with Crippen molar-refractivity contribution in [2.24, 2.45) is 0 Å². The maximum atomic E-state index is 12.9. The van der Waals surface area contributed by atoms with Crippen LogP contribution in [-0.4, -0.2) is 6.98 Å². The van der Waals surface area contributed by atoms with Gasteiger partial charge >= 0.3 is 6.98 Å². The molecule has 0 bridgehead atoms. The van der Waals surface area contributed by atoms with Crippen molar-refractivity contribution in [2.75, 3.05) is 0 Å². The second-order valence-corrected chi connectivity index (χ2v) is 3.18. The first-order chi connectivity index (χ1) is 6.79. The van der Waals surface area contributed by atoms with Crippen LogP contribution in [0.15, 0.2) is 18.1 Å². The SMILES string of the molecule is Fc1cc(F)c(/C=C/[B-](F)(F)F)cc1Cl. The Morgan fingerprint density at radius 3 is 2.20 bits per heavy atom. The average Bonchev–Trinajstić information content (AvgIpc) is 2.07. The van der Waals surface area contributed by atoms with Crippen LogP contribution in [0.1, 0.15) is 5.56 Å². The Labute approximate surface area is 87.4 Å². The van der Waals surface area contributed by atoms with Gasteiger partial charge in [-0.05, 0) is 6.07 Å². The van der Waals surface area contributed by atoms with Gasteiger partial charge in [-0.15, -0.1) is 5.98 Å². The highest BCUT2D eigenvalue weighted by Crippen LogP contribution is 2.21. The van der Waals surface area contributed by atoms with Crippen LogP contribution in [0, 0.1) is 11.6 Å². The van der Waals surface area contributed by atoms with Gasteiger partial charge in [-0.25, -0.2) is 8.78 Å². The summed E-state index contributed by atoms with van der Waals surface area (Å²) >= 11 is 5.28. The summed E-state index contributed by atoms with van der Waals surface area (Å²) in [5.74, 6) is -2.19. The van der Waals surface area contributed by atoms with E-state index in [1.165, 1.54) is 0 Å². The van der Waals surface area contributed by atoms with Gasteiger partial charge in [0.1, 0.15) is 11.6 Å². The molecule has 0 radical (unpaired) electrons. The van der Waals surface area contributed by atoms with E-state index in [9.17, 15) is 21.7 Å². The topological polar surface area (TPSA) is 0 Å². The highest BCUT2D eigenvalue weighted by Gasteiger charge is 2.17. The van der Waals surface area contributed by atoms with Gasteiger partial charge in [0.2, 0.25) is 0 Å². The van der Waals surface area contributed by atoms with E-state index in [4.69, 9.17) is 11.6 Å². The molecule has 0 fully saturated rings. The fourth-order valence-electron chi connectivity index (χ4n) is 0.878. The first kappa shape index (κ1) is 12.0. The average molecular weight is 241 g/mol. The Morgan fingerprint density at radius 2 is 1.67 bits per heavy atom. The van der Waals surface area contributed by atoms with Crippen LogP contribution in [0.5, 0.6) is 0 Å². The Bertz CT molecular complexity index is 399. The van der Waals surface area contributed by atoms with Gasteiger partial charge < -0.3 is 12.9 Å². The van der Waals surface area contributed by atoms with Crippen LogP contribution in [0.2, 0.25) is 5.02 Å². The van der Waals surface area contributed by atoms with Crippen molar-refractivity contribution in [1.82, 2.24) is 0 Å². The summed E-state index contributed by atoms with van der Waals surface area (Å²) in [6.07, 6.45) is 0.515. The van der Waals surface area contributed by atoms with E-state index in [1.54, 1.807) is 0 Å². The van der Waals surface area contributed by atoms with E-state index in [0.717, 1.165) is 6.07 Å². The van der Waals surface area contributed by atoms with E-state index < -0.39 is 29.2 Å². The minimum absolute atomic E-state index is 0.0906. The van der Waals surface area contributed by atoms with Crippen molar-refractivity contribution >= 4 is 24.7 Å². The summed E-state index contributed by atoms with van der Waals surface area (Å²) in [4.78, 5) is 0. The maximum Gasteiger partial charge on any atom is 0.502 e. The first-order valence-electron chi connectivity index (χ1n) is 3.83. The third kappa shape index (κ3) is 3.55. The molecule has 0 atom stereocenters. The molecule has 0 aliphatic heterocycles. The smallest absolute Gasteiger partial charge is 0.445 e. The number of benzene rings is 1. The zero-order valence-electron chi connectivity index (χ0n) is 7.15. The lowest BCUT2D eigenvalue weighted by Gasteiger charge is -2.07. The summed E-state index contributed by atoms with van der Waals surface area (Å²) in [7, 11) is 0. The molecule has 0 aliphatic carbocycles. The molecule has 0 unspecified atom stereocenters. The van der Waals surface area contributed by atoms with Crippen molar-refractivity contribution in [3.05, 3.63) is 40.3 Å². The van der Waals surface area contributed by atoms with Crippen LogP contribution in [0.3, 0.4) is 0 Å². The van der Waals surface area contributed by atoms with Crippen LogP contribution < -0.4 is 0 Å². The number of halogens is 6. The third-order valence-electron chi connectivity index (χ3n) is 1.53. The molecule has 0 aliphatic rings. The predicted octanol–water partition coefficient (Wildman–Crippen LogP) is 4.02. The van der Waals surface area contributed by atoms with E-state index in [-0.39, 0.29) is 5.98 Å². The van der Waals surface area contributed by atoms with E-state index in [0.29, 0.717) is 12.1 Å². The van der Waals surface area contributed by atoms with Crippen LogP contribution in [-0.2, 0) is 0 Å². The quantitative estimate of drug-likeness (QED) is 0.417. The zero-order valence-corrected chi connectivity index (χ0v) is 7.91. The molecular formula is C8H4BClF5-. The number of hydrogen-bond acceptors (Lipinski definition) is 0. The lowest BCUT2D eigenvalue weighted by Crippen LogP contribution is -2.09. The molecule has 82 valence electrons. The molecule has 0 amide bonds. The van der Waals surface area contributed by atoms with Crippen molar-refractivity contribution in [2.45, 2.75) is 0 Å². The minimum atomic E-state index is -5.15. The molecule has 15 heavy (non-hydrogen) atoms. The predicted molar refractivity (Wildman–Crippen MR) is 49.5 cm³/mol. The lowest BCUT2D eigenvalue weighted by atomic mass is 9.90. The summed E-state index contributed by atoms with van der Waals surface area (Å²) in [6.45, 7) is -5.15. The molecule has 0 N–H and O–H groups in total. The molecule has 0 nitrogen and oxygen atoms in total. The Kier molecular flexibility index (Phi) is 3.39. The van der Waals surface area contributed by atoms with Gasteiger partial charge in [0.25, 0.3) is 0 Å². The molecule has 1 aromatic rings. The summed E-state index contributed by atoms with van der Waals surface area (Å²) < 4.78 is 60.9. The van der Waals surface area contributed by atoms with Gasteiger partial charge in [0.15, 0.2) is 0 Å². The van der Waals surface area contributed by atoms with Gasteiger partial charge in [-0.3, -0.25) is 0 Å². The zero-order chi connectivity index (χ0) is 11.6. The largest absolute Gasteiger partial charge is 0.502 e. The Hall–Kier alpha value is -1.04. The van der Waals surface area contributed by atoms with Crippen molar-refractivity contribution in [1.29, 1.82) is 0 Å². The van der Waals surface area contributed by atoms with E-state index in [2.05, 4.69) is 0 Å². The lowest BCUT2D eigenvalue weighted by molar-refractivity contribution is 0.499. The third-order valence-corrected chi connectivity index (χ3v) is 1.82. The first-order valence-corrected chi connectivity index (χ1v) is 4.21. The highest BCUT2D eigenvalue weighted by atomic mass is 35.5. The monoisotopic (exact) mass is 241 g/mol. The molecule has 7 heteroatoms. The van der Waals surface area contributed by atoms with Crippen molar-refractivity contribution in [3.8, 4) is 0 Å². The summed E-state index contributed by atoms with van der Waals surface area (Å²) in [5, 5.41) is -0.425. The Balaban J connectivity index is 3.06. The van der Waals surface area contributed by atoms with Crippen LogP contribution in [0.4, 0.5) is 21.7 Å². The van der Waals surface area contributed by atoms with Crippen LogP contribution in [0.25, 0.3) is 6.08 Å². The van der Waals surface area contributed by atoms with E-state index in [1.807, 2.05) is 0 Å². The standard InChI is InChI=1S/C8H4BClF5/c10-6-3-5(1-2-9(13,14)15)7(11)4-8(6)12/h1-4H/q-1/b2-1+. The Morgan fingerprint density at radius 1 is 1.07 bits per heavy atom. The van der Waals surface area contributed by atoms with Gasteiger partial charge in [0.05, 0.1) is 5.02 Å². The second-order valence-electron chi connectivity index (χ2n) is 2.77. The maximum absolute atomic E-state index is 12.9. The molecule has 1 rings (SSSR count). The number of rotatable bonds is 2.